The van der Waals surface area contributed by atoms with Crippen LogP contribution in [0, 0.1) is 11.8 Å². The van der Waals surface area contributed by atoms with Crippen LogP contribution in [-0.4, -0.2) is 36.1 Å². The standard InChI is InChI=1S/C18H17NO5/c1-3-23-17(22)10-4-6-11(7-5-10)19-15(20)13-12-8-9-18(2,24-12)14(13)16(19)21/h4-9,12-14H,3H2,1-2H3/t12-,13+,14-,18-/m1/s1. The summed E-state index contributed by atoms with van der Waals surface area (Å²) < 4.78 is 10.7. The number of ether oxygens (including phenoxy) is 2. The highest BCUT2D eigenvalue weighted by atomic mass is 16.5. The lowest BCUT2D eigenvalue weighted by Gasteiger charge is -2.24. The Bertz CT molecular complexity index is 768. The lowest BCUT2D eigenvalue weighted by atomic mass is 9.78. The number of esters is 1. The van der Waals surface area contributed by atoms with Crippen molar-refractivity contribution in [2.45, 2.75) is 25.6 Å². The number of hydrogen-bond acceptors (Lipinski definition) is 5. The Kier molecular flexibility index (Phi) is 3.15. The molecule has 3 aliphatic rings. The molecule has 3 heterocycles. The third-order valence-electron chi connectivity index (χ3n) is 4.97. The topological polar surface area (TPSA) is 72.9 Å². The zero-order valence-electron chi connectivity index (χ0n) is 13.4. The van der Waals surface area contributed by atoms with Gasteiger partial charge in [0.2, 0.25) is 11.8 Å². The van der Waals surface area contributed by atoms with Crippen molar-refractivity contribution in [1.29, 1.82) is 0 Å². The van der Waals surface area contributed by atoms with Gasteiger partial charge >= 0.3 is 5.97 Å². The molecule has 2 amide bonds. The van der Waals surface area contributed by atoms with Gasteiger partial charge in [0.05, 0.1) is 41.4 Å². The fourth-order valence-corrected chi connectivity index (χ4v) is 3.87. The first-order valence-electron chi connectivity index (χ1n) is 7.98. The fourth-order valence-electron chi connectivity index (χ4n) is 3.87. The van der Waals surface area contributed by atoms with E-state index in [9.17, 15) is 14.4 Å². The molecule has 0 aromatic heterocycles. The van der Waals surface area contributed by atoms with Crippen molar-refractivity contribution in [2.24, 2.45) is 11.8 Å². The molecule has 1 aromatic carbocycles. The summed E-state index contributed by atoms with van der Waals surface area (Å²) in [6.45, 7) is 3.87. The third-order valence-corrected chi connectivity index (χ3v) is 4.97. The molecule has 24 heavy (non-hydrogen) atoms. The predicted octanol–water partition coefficient (Wildman–Crippen LogP) is 1.70. The Morgan fingerprint density at radius 2 is 1.96 bits per heavy atom. The lowest BCUT2D eigenvalue weighted by molar-refractivity contribution is -0.126. The van der Waals surface area contributed by atoms with Gasteiger partial charge in [-0.25, -0.2) is 9.69 Å². The van der Waals surface area contributed by atoms with Crippen LogP contribution < -0.4 is 4.90 Å². The van der Waals surface area contributed by atoms with Gasteiger partial charge in [0.15, 0.2) is 0 Å². The molecular formula is C18H17NO5. The van der Waals surface area contributed by atoms with E-state index in [-0.39, 0.29) is 17.9 Å². The summed E-state index contributed by atoms with van der Waals surface area (Å²) in [6.07, 6.45) is 3.40. The third kappa shape index (κ3) is 1.89. The maximum atomic E-state index is 12.8. The maximum absolute atomic E-state index is 12.8. The predicted molar refractivity (Wildman–Crippen MR) is 84.3 cm³/mol. The summed E-state index contributed by atoms with van der Waals surface area (Å²) in [5.41, 5.74) is 0.147. The minimum atomic E-state index is -0.707. The molecule has 0 spiro atoms. The number of rotatable bonds is 3. The molecule has 4 atom stereocenters. The van der Waals surface area contributed by atoms with Crippen LogP contribution in [0.2, 0.25) is 0 Å². The fraction of sp³-hybridized carbons (Fsp3) is 0.389. The van der Waals surface area contributed by atoms with Crippen LogP contribution in [0.5, 0.6) is 0 Å². The molecule has 2 fully saturated rings. The van der Waals surface area contributed by atoms with Crippen LogP contribution in [0.1, 0.15) is 24.2 Å². The number of carbonyl (C=O) groups is 3. The highest BCUT2D eigenvalue weighted by Crippen LogP contribution is 2.52. The van der Waals surface area contributed by atoms with Gasteiger partial charge in [-0.1, -0.05) is 12.2 Å². The van der Waals surface area contributed by atoms with Gasteiger partial charge in [-0.05, 0) is 38.1 Å². The molecule has 3 aliphatic heterocycles. The molecule has 0 unspecified atom stereocenters. The summed E-state index contributed by atoms with van der Waals surface area (Å²) in [6, 6.07) is 6.32. The summed E-state index contributed by atoms with van der Waals surface area (Å²) >= 11 is 0. The highest BCUT2D eigenvalue weighted by molar-refractivity contribution is 6.23. The minimum absolute atomic E-state index is 0.244. The monoisotopic (exact) mass is 327 g/mol. The summed E-state index contributed by atoms with van der Waals surface area (Å²) in [4.78, 5) is 38.5. The van der Waals surface area contributed by atoms with E-state index in [2.05, 4.69) is 0 Å². The van der Waals surface area contributed by atoms with Gasteiger partial charge in [-0.2, -0.15) is 0 Å². The highest BCUT2D eigenvalue weighted by Gasteiger charge is 2.65. The zero-order valence-corrected chi connectivity index (χ0v) is 13.4. The van der Waals surface area contributed by atoms with Crippen LogP contribution in [0.4, 0.5) is 5.69 Å². The van der Waals surface area contributed by atoms with Gasteiger partial charge in [0.25, 0.3) is 0 Å². The van der Waals surface area contributed by atoms with E-state index >= 15 is 0 Å². The molecule has 2 saturated heterocycles. The number of anilines is 1. The van der Waals surface area contributed by atoms with Crippen molar-refractivity contribution in [1.82, 2.24) is 0 Å². The molecule has 124 valence electrons. The van der Waals surface area contributed by atoms with Gasteiger partial charge in [0, 0.05) is 0 Å². The van der Waals surface area contributed by atoms with Crippen LogP contribution in [-0.2, 0) is 19.1 Å². The average Bonchev–Trinajstić information content (AvgIpc) is 3.17. The average molecular weight is 327 g/mol. The van der Waals surface area contributed by atoms with E-state index < -0.39 is 23.4 Å². The number of hydrogen-bond donors (Lipinski definition) is 0. The Labute approximate surface area is 139 Å². The normalized spacial score (nSPS) is 33.2. The number of nitrogens with zero attached hydrogens (tertiary/aromatic N) is 1. The Balaban J connectivity index is 1.63. The smallest absolute Gasteiger partial charge is 0.338 e. The quantitative estimate of drug-likeness (QED) is 0.480. The molecule has 6 heteroatoms. The maximum Gasteiger partial charge on any atom is 0.338 e. The molecule has 0 N–H and O–H groups in total. The minimum Gasteiger partial charge on any atom is -0.462 e. The number of fused-ring (bicyclic) bond motifs is 5. The molecular weight excluding hydrogens is 310 g/mol. The summed E-state index contributed by atoms with van der Waals surface area (Å²) in [5, 5.41) is 0. The van der Waals surface area contributed by atoms with Crippen molar-refractivity contribution in [3.63, 3.8) is 0 Å². The van der Waals surface area contributed by atoms with Crippen LogP contribution in [0.25, 0.3) is 0 Å². The number of benzene rings is 1. The van der Waals surface area contributed by atoms with Crippen LogP contribution >= 0.6 is 0 Å². The molecule has 0 aliphatic carbocycles. The summed E-state index contributed by atoms with van der Waals surface area (Å²) in [7, 11) is 0. The Morgan fingerprint density at radius 1 is 1.25 bits per heavy atom. The van der Waals surface area contributed by atoms with E-state index in [0.29, 0.717) is 17.9 Å². The Hall–Kier alpha value is -2.47. The number of imide groups is 1. The summed E-state index contributed by atoms with van der Waals surface area (Å²) in [5.74, 6) is -1.86. The van der Waals surface area contributed by atoms with E-state index in [1.54, 1.807) is 31.2 Å². The number of carbonyl (C=O) groups excluding carboxylic acids is 3. The molecule has 4 rings (SSSR count). The van der Waals surface area contributed by atoms with Gasteiger partial charge in [-0.3, -0.25) is 9.59 Å². The largest absolute Gasteiger partial charge is 0.462 e. The van der Waals surface area contributed by atoms with E-state index in [1.807, 2.05) is 19.1 Å². The van der Waals surface area contributed by atoms with Gasteiger partial charge in [0.1, 0.15) is 0 Å². The Morgan fingerprint density at radius 3 is 2.58 bits per heavy atom. The van der Waals surface area contributed by atoms with Crippen molar-refractivity contribution in [2.75, 3.05) is 11.5 Å². The second-order valence-corrected chi connectivity index (χ2v) is 6.41. The first-order valence-corrected chi connectivity index (χ1v) is 7.98. The van der Waals surface area contributed by atoms with Crippen LogP contribution in [0.3, 0.4) is 0 Å². The lowest BCUT2D eigenvalue weighted by Crippen LogP contribution is -2.38. The first-order chi connectivity index (χ1) is 11.5. The molecule has 6 nitrogen and oxygen atoms in total. The van der Waals surface area contributed by atoms with Crippen molar-refractivity contribution in [3.8, 4) is 0 Å². The zero-order chi connectivity index (χ0) is 17.1. The van der Waals surface area contributed by atoms with E-state index in [1.165, 1.54) is 4.90 Å². The SMILES string of the molecule is CCOC(=O)c1ccc(N2C(=O)[C@H]3[C@H]4C=C[C@@](C)(O4)[C@H]3C2=O)cc1. The second-order valence-electron chi connectivity index (χ2n) is 6.41. The van der Waals surface area contributed by atoms with Crippen molar-refractivity contribution in [3.05, 3.63) is 42.0 Å². The second kappa shape index (κ2) is 5.01. The van der Waals surface area contributed by atoms with Gasteiger partial charge in [-0.15, -0.1) is 0 Å². The van der Waals surface area contributed by atoms with Crippen molar-refractivity contribution >= 4 is 23.5 Å². The van der Waals surface area contributed by atoms with Crippen molar-refractivity contribution < 1.29 is 23.9 Å². The van der Waals surface area contributed by atoms with Gasteiger partial charge < -0.3 is 9.47 Å². The molecule has 1 aromatic rings. The first kappa shape index (κ1) is 15.1. The van der Waals surface area contributed by atoms with E-state index in [0.717, 1.165) is 0 Å². The van der Waals surface area contributed by atoms with E-state index in [4.69, 9.17) is 9.47 Å². The van der Waals surface area contributed by atoms with Crippen LogP contribution in [0.15, 0.2) is 36.4 Å². The number of amides is 2. The molecule has 0 radical (unpaired) electrons. The molecule has 2 bridgehead atoms. The molecule has 0 saturated carbocycles.